The zero-order valence-electron chi connectivity index (χ0n) is 9.83. The first-order valence-electron chi connectivity index (χ1n) is 5.96. The smallest absolute Gasteiger partial charge is 0.122 e. The maximum Gasteiger partial charge on any atom is 0.122 e. The number of ether oxygens (including phenoxy) is 1. The third-order valence-corrected chi connectivity index (χ3v) is 2.77. The highest BCUT2D eigenvalue weighted by molar-refractivity contribution is 5.38. The van der Waals surface area contributed by atoms with E-state index in [9.17, 15) is 0 Å². The first-order valence-corrected chi connectivity index (χ1v) is 5.96. The lowest BCUT2D eigenvalue weighted by Crippen LogP contribution is -2.30. The topological polar surface area (TPSA) is 47.3 Å². The van der Waals surface area contributed by atoms with Crippen molar-refractivity contribution in [3.8, 4) is 5.75 Å². The molecule has 1 unspecified atom stereocenters. The fraction of sp³-hybridized carbons (Fsp3) is 0.538. The van der Waals surface area contributed by atoms with Crippen LogP contribution in [0.15, 0.2) is 18.2 Å². The van der Waals surface area contributed by atoms with Gasteiger partial charge in [-0.25, -0.2) is 0 Å². The highest BCUT2D eigenvalue weighted by atomic mass is 16.5. The van der Waals surface area contributed by atoms with E-state index in [2.05, 4.69) is 23.5 Å². The van der Waals surface area contributed by atoms with Gasteiger partial charge in [0.1, 0.15) is 5.75 Å². The number of aryl methyl sites for hydroxylation is 1. The molecule has 0 saturated carbocycles. The molecule has 3 N–H and O–H groups in total. The molecule has 0 amide bonds. The molecule has 1 heterocycles. The molecule has 0 aromatic heterocycles. The second-order valence-corrected chi connectivity index (χ2v) is 4.50. The normalized spacial score (nSPS) is 16.4. The van der Waals surface area contributed by atoms with E-state index in [0.717, 1.165) is 38.3 Å². The molecule has 3 heteroatoms. The molecule has 1 aromatic rings. The fourth-order valence-corrected chi connectivity index (χ4v) is 1.97. The van der Waals surface area contributed by atoms with Crippen molar-refractivity contribution >= 4 is 0 Å². The molecule has 1 aromatic carbocycles. The standard InChI is InChI=1S/C13H20N2O/c1-10(14)8-15-9-11-4-5-13-12(7-11)3-2-6-16-13/h4-5,7,10,15H,2-3,6,8-9,14H2,1H3. The predicted molar refractivity (Wildman–Crippen MR) is 65.6 cm³/mol. The molecule has 0 bridgehead atoms. The van der Waals surface area contributed by atoms with Crippen molar-refractivity contribution in [2.45, 2.75) is 32.4 Å². The minimum absolute atomic E-state index is 0.209. The summed E-state index contributed by atoms with van der Waals surface area (Å²) in [5.41, 5.74) is 8.33. The molecular formula is C13H20N2O. The van der Waals surface area contributed by atoms with Crippen LogP contribution < -0.4 is 15.8 Å². The maximum atomic E-state index is 5.68. The lowest BCUT2D eigenvalue weighted by molar-refractivity contribution is 0.288. The summed E-state index contributed by atoms with van der Waals surface area (Å²) in [6.45, 7) is 4.60. The molecule has 1 aliphatic rings. The maximum absolute atomic E-state index is 5.68. The Labute approximate surface area is 97.0 Å². The van der Waals surface area contributed by atoms with Crippen LogP contribution in [0.1, 0.15) is 24.5 Å². The molecule has 1 atom stereocenters. The molecule has 88 valence electrons. The van der Waals surface area contributed by atoms with E-state index in [1.165, 1.54) is 11.1 Å². The summed E-state index contributed by atoms with van der Waals surface area (Å²) in [7, 11) is 0. The number of nitrogens with two attached hydrogens (primary N) is 1. The summed E-state index contributed by atoms with van der Waals surface area (Å²) >= 11 is 0. The Balaban J connectivity index is 1.95. The van der Waals surface area contributed by atoms with Crippen molar-refractivity contribution in [1.82, 2.24) is 5.32 Å². The molecular weight excluding hydrogens is 200 g/mol. The summed E-state index contributed by atoms with van der Waals surface area (Å²) in [6, 6.07) is 6.65. The number of fused-ring (bicyclic) bond motifs is 1. The van der Waals surface area contributed by atoms with Gasteiger partial charge >= 0.3 is 0 Å². The molecule has 1 aliphatic heterocycles. The van der Waals surface area contributed by atoms with Crippen LogP contribution in [0.2, 0.25) is 0 Å². The van der Waals surface area contributed by atoms with Crippen molar-refractivity contribution in [3.63, 3.8) is 0 Å². The fourth-order valence-electron chi connectivity index (χ4n) is 1.97. The third-order valence-electron chi connectivity index (χ3n) is 2.77. The summed E-state index contributed by atoms with van der Waals surface area (Å²) < 4.78 is 5.58. The molecule has 0 saturated heterocycles. The summed E-state index contributed by atoms with van der Waals surface area (Å²) in [4.78, 5) is 0. The van der Waals surface area contributed by atoms with Gasteiger partial charge in [0.25, 0.3) is 0 Å². The van der Waals surface area contributed by atoms with Gasteiger partial charge in [0, 0.05) is 19.1 Å². The lowest BCUT2D eigenvalue weighted by Gasteiger charge is -2.18. The number of rotatable bonds is 4. The van der Waals surface area contributed by atoms with Gasteiger partial charge in [-0.05, 0) is 37.0 Å². The minimum atomic E-state index is 0.209. The van der Waals surface area contributed by atoms with Crippen LogP contribution in [0.5, 0.6) is 5.75 Å². The van der Waals surface area contributed by atoms with Crippen molar-refractivity contribution in [2.75, 3.05) is 13.2 Å². The molecule has 0 spiro atoms. The minimum Gasteiger partial charge on any atom is -0.493 e. The average molecular weight is 220 g/mol. The molecule has 16 heavy (non-hydrogen) atoms. The van der Waals surface area contributed by atoms with E-state index in [4.69, 9.17) is 10.5 Å². The van der Waals surface area contributed by atoms with Crippen LogP contribution >= 0.6 is 0 Å². The van der Waals surface area contributed by atoms with Crippen molar-refractivity contribution < 1.29 is 4.74 Å². The third kappa shape index (κ3) is 2.97. The van der Waals surface area contributed by atoms with Crippen LogP contribution in [-0.4, -0.2) is 19.2 Å². The van der Waals surface area contributed by atoms with Gasteiger partial charge in [-0.15, -0.1) is 0 Å². The Morgan fingerprint density at radius 1 is 1.50 bits per heavy atom. The van der Waals surface area contributed by atoms with E-state index in [-0.39, 0.29) is 6.04 Å². The highest BCUT2D eigenvalue weighted by Gasteiger charge is 2.10. The SMILES string of the molecule is CC(N)CNCc1ccc2c(c1)CCCO2. The summed E-state index contributed by atoms with van der Waals surface area (Å²) in [5.74, 6) is 1.06. The molecule has 0 radical (unpaired) electrons. The molecule has 3 nitrogen and oxygen atoms in total. The number of nitrogens with one attached hydrogen (secondary N) is 1. The number of hydrogen-bond acceptors (Lipinski definition) is 3. The molecule has 0 aliphatic carbocycles. The number of hydrogen-bond donors (Lipinski definition) is 2. The average Bonchev–Trinajstić information content (AvgIpc) is 2.28. The second kappa shape index (κ2) is 5.32. The van der Waals surface area contributed by atoms with Crippen LogP contribution in [0.3, 0.4) is 0 Å². The predicted octanol–water partition coefficient (Wildman–Crippen LogP) is 1.45. The Hall–Kier alpha value is -1.06. The zero-order valence-corrected chi connectivity index (χ0v) is 9.83. The van der Waals surface area contributed by atoms with Gasteiger partial charge in [-0.2, -0.15) is 0 Å². The molecule has 2 rings (SSSR count). The Kier molecular flexibility index (Phi) is 3.80. The van der Waals surface area contributed by atoms with Gasteiger partial charge in [0.15, 0.2) is 0 Å². The van der Waals surface area contributed by atoms with E-state index in [1.807, 2.05) is 6.92 Å². The Morgan fingerprint density at radius 3 is 3.19 bits per heavy atom. The van der Waals surface area contributed by atoms with Crippen LogP contribution in [-0.2, 0) is 13.0 Å². The van der Waals surface area contributed by atoms with Gasteiger partial charge in [0.2, 0.25) is 0 Å². The largest absolute Gasteiger partial charge is 0.493 e. The van der Waals surface area contributed by atoms with Crippen molar-refractivity contribution in [2.24, 2.45) is 5.73 Å². The molecule has 0 fully saturated rings. The van der Waals surface area contributed by atoms with Crippen molar-refractivity contribution in [3.05, 3.63) is 29.3 Å². The van der Waals surface area contributed by atoms with Crippen LogP contribution in [0.25, 0.3) is 0 Å². The van der Waals surface area contributed by atoms with E-state index in [1.54, 1.807) is 0 Å². The van der Waals surface area contributed by atoms with Crippen LogP contribution in [0.4, 0.5) is 0 Å². The first-order chi connectivity index (χ1) is 7.75. The van der Waals surface area contributed by atoms with E-state index < -0.39 is 0 Å². The number of benzene rings is 1. The first kappa shape index (κ1) is 11.4. The van der Waals surface area contributed by atoms with Gasteiger partial charge in [0.05, 0.1) is 6.61 Å². The Bertz CT molecular complexity index is 350. The van der Waals surface area contributed by atoms with Gasteiger partial charge in [-0.1, -0.05) is 12.1 Å². The second-order valence-electron chi connectivity index (χ2n) is 4.50. The van der Waals surface area contributed by atoms with Gasteiger partial charge < -0.3 is 15.8 Å². The van der Waals surface area contributed by atoms with Gasteiger partial charge in [-0.3, -0.25) is 0 Å². The van der Waals surface area contributed by atoms with E-state index in [0.29, 0.717) is 0 Å². The quantitative estimate of drug-likeness (QED) is 0.807. The van der Waals surface area contributed by atoms with E-state index >= 15 is 0 Å². The Morgan fingerprint density at radius 2 is 2.38 bits per heavy atom. The summed E-state index contributed by atoms with van der Waals surface area (Å²) in [5, 5.41) is 3.34. The van der Waals surface area contributed by atoms with Crippen molar-refractivity contribution in [1.29, 1.82) is 0 Å². The monoisotopic (exact) mass is 220 g/mol. The lowest BCUT2D eigenvalue weighted by atomic mass is 10.0. The highest BCUT2D eigenvalue weighted by Crippen LogP contribution is 2.25. The summed E-state index contributed by atoms with van der Waals surface area (Å²) in [6.07, 6.45) is 2.26. The zero-order chi connectivity index (χ0) is 11.4. The van der Waals surface area contributed by atoms with Crippen LogP contribution in [0, 0.1) is 0 Å².